The van der Waals surface area contributed by atoms with Crippen LogP contribution in [0.25, 0.3) is 6.08 Å². The van der Waals surface area contributed by atoms with Gasteiger partial charge in [-0.15, -0.1) is 0 Å². The van der Waals surface area contributed by atoms with E-state index in [0.29, 0.717) is 12.4 Å². The molecule has 0 spiro atoms. The number of hydrogen-bond donors (Lipinski definition) is 1. The van der Waals surface area contributed by atoms with Crippen molar-refractivity contribution in [1.29, 1.82) is 0 Å². The number of carbonyl (C=O) groups is 1. The van der Waals surface area contributed by atoms with Gasteiger partial charge in [-0.3, -0.25) is 0 Å². The van der Waals surface area contributed by atoms with Gasteiger partial charge >= 0.3 is 5.97 Å². The number of hydrogen-bond acceptors (Lipinski definition) is 2. The fourth-order valence-corrected chi connectivity index (χ4v) is 1.87. The number of ether oxygens (including phenoxy) is 1. The molecule has 2 aromatic rings. The Hall–Kier alpha value is -2.55. The van der Waals surface area contributed by atoms with Crippen LogP contribution in [-0.2, 0) is 11.4 Å². The van der Waals surface area contributed by atoms with E-state index >= 15 is 0 Å². The third-order valence-corrected chi connectivity index (χ3v) is 2.80. The Bertz CT molecular complexity index is 630. The van der Waals surface area contributed by atoms with Crippen molar-refractivity contribution < 1.29 is 14.6 Å². The van der Waals surface area contributed by atoms with Crippen LogP contribution in [0.3, 0.4) is 0 Å². The van der Waals surface area contributed by atoms with Crippen molar-refractivity contribution in [2.45, 2.75) is 13.5 Å². The van der Waals surface area contributed by atoms with Crippen LogP contribution in [0.4, 0.5) is 0 Å². The Labute approximate surface area is 118 Å². The van der Waals surface area contributed by atoms with Crippen molar-refractivity contribution in [3.63, 3.8) is 0 Å². The molecule has 2 aromatic carbocycles. The van der Waals surface area contributed by atoms with E-state index in [1.54, 1.807) is 0 Å². The fourth-order valence-electron chi connectivity index (χ4n) is 1.87. The molecule has 0 fully saturated rings. The maximum absolute atomic E-state index is 10.6. The van der Waals surface area contributed by atoms with E-state index in [0.717, 1.165) is 17.2 Å². The number of aryl methyl sites for hydroxylation is 1. The lowest BCUT2D eigenvalue weighted by Crippen LogP contribution is -1.97. The summed E-state index contributed by atoms with van der Waals surface area (Å²) in [6.45, 7) is 2.49. The normalized spacial score (nSPS) is 10.7. The molecule has 0 unspecified atom stereocenters. The summed E-state index contributed by atoms with van der Waals surface area (Å²) < 4.78 is 5.77. The maximum atomic E-state index is 10.6. The van der Waals surface area contributed by atoms with Gasteiger partial charge in [0.05, 0.1) is 0 Å². The minimum Gasteiger partial charge on any atom is -0.488 e. The van der Waals surface area contributed by atoms with Gasteiger partial charge in [0.15, 0.2) is 0 Å². The average molecular weight is 268 g/mol. The second kappa shape index (κ2) is 6.57. The molecule has 0 aliphatic carbocycles. The predicted octanol–water partition coefficient (Wildman–Crippen LogP) is 3.67. The minimum absolute atomic E-state index is 0.458. The SMILES string of the molecule is Cc1cccc(COc2ccccc2C=CC(=O)O)c1. The van der Waals surface area contributed by atoms with Crippen LogP contribution in [0, 0.1) is 6.92 Å². The summed E-state index contributed by atoms with van der Waals surface area (Å²) in [6.07, 6.45) is 2.64. The van der Waals surface area contributed by atoms with Gasteiger partial charge in [-0.1, -0.05) is 48.0 Å². The third-order valence-electron chi connectivity index (χ3n) is 2.80. The van der Waals surface area contributed by atoms with Crippen LogP contribution in [0.1, 0.15) is 16.7 Å². The first-order chi connectivity index (χ1) is 9.65. The third kappa shape index (κ3) is 3.99. The molecule has 1 N–H and O–H groups in total. The van der Waals surface area contributed by atoms with Crippen molar-refractivity contribution in [3.8, 4) is 5.75 Å². The molecule has 0 saturated heterocycles. The number of carboxylic acids is 1. The summed E-state index contributed by atoms with van der Waals surface area (Å²) in [5.41, 5.74) is 3.02. The second-order valence-electron chi connectivity index (χ2n) is 4.49. The largest absolute Gasteiger partial charge is 0.488 e. The summed E-state index contributed by atoms with van der Waals surface area (Å²) in [4.78, 5) is 10.6. The van der Waals surface area contributed by atoms with Crippen molar-refractivity contribution in [1.82, 2.24) is 0 Å². The Balaban J connectivity index is 2.11. The standard InChI is InChI=1S/C17H16O3/c1-13-5-4-6-14(11-13)12-20-16-8-3-2-7-15(16)9-10-17(18)19/h2-11H,12H2,1H3,(H,18,19). The van der Waals surface area contributed by atoms with Gasteiger partial charge in [0.25, 0.3) is 0 Å². The van der Waals surface area contributed by atoms with Gasteiger partial charge in [-0.05, 0) is 24.6 Å². The molecule has 0 radical (unpaired) electrons. The van der Waals surface area contributed by atoms with Crippen LogP contribution >= 0.6 is 0 Å². The topological polar surface area (TPSA) is 46.5 Å². The molecule has 0 atom stereocenters. The molecule has 3 heteroatoms. The average Bonchev–Trinajstić information content (AvgIpc) is 2.44. The Morgan fingerprint density at radius 2 is 2.00 bits per heavy atom. The highest BCUT2D eigenvalue weighted by atomic mass is 16.5. The quantitative estimate of drug-likeness (QED) is 0.841. The molecule has 3 nitrogen and oxygen atoms in total. The zero-order valence-corrected chi connectivity index (χ0v) is 11.2. The summed E-state index contributed by atoms with van der Waals surface area (Å²) in [7, 11) is 0. The van der Waals surface area contributed by atoms with Crippen molar-refractivity contribution in [3.05, 3.63) is 71.3 Å². The van der Waals surface area contributed by atoms with E-state index in [1.165, 1.54) is 11.6 Å². The molecule has 0 saturated carbocycles. The Kier molecular flexibility index (Phi) is 4.56. The summed E-state index contributed by atoms with van der Waals surface area (Å²) >= 11 is 0. The number of carboxylic acid groups (broad SMARTS) is 1. The minimum atomic E-state index is -0.974. The van der Waals surface area contributed by atoms with Crippen molar-refractivity contribution >= 4 is 12.0 Å². The van der Waals surface area contributed by atoms with Crippen LogP contribution in [0.5, 0.6) is 5.75 Å². The zero-order valence-electron chi connectivity index (χ0n) is 11.2. The molecular weight excluding hydrogens is 252 g/mol. The lowest BCUT2D eigenvalue weighted by Gasteiger charge is -2.09. The highest BCUT2D eigenvalue weighted by Crippen LogP contribution is 2.21. The summed E-state index contributed by atoms with van der Waals surface area (Å²) in [5, 5.41) is 8.68. The lowest BCUT2D eigenvalue weighted by molar-refractivity contribution is -0.131. The molecule has 0 aromatic heterocycles. The van der Waals surface area contributed by atoms with Crippen LogP contribution in [0.2, 0.25) is 0 Å². The van der Waals surface area contributed by atoms with Gasteiger partial charge in [0, 0.05) is 11.6 Å². The Morgan fingerprint density at radius 1 is 1.20 bits per heavy atom. The molecule has 102 valence electrons. The Morgan fingerprint density at radius 3 is 2.75 bits per heavy atom. The smallest absolute Gasteiger partial charge is 0.328 e. The van der Waals surface area contributed by atoms with Gasteiger partial charge in [-0.2, -0.15) is 0 Å². The molecule has 0 heterocycles. The first kappa shape index (κ1) is 13.9. The van der Waals surface area contributed by atoms with E-state index in [4.69, 9.17) is 9.84 Å². The predicted molar refractivity (Wildman–Crippen MR) is 78.6 cm³/mol. The first-order valence-electron chi connectivity index (χ1n) is 6.33. The van der Waals surface area contributed by atoms with Gasteiger partial charge < -0.3 is 9.84 Å². The van der Waals surface area contributed by atoms with Crippen molar-refractivity contribution in [2.75, 3.05) is 0 Å². The van der Waals surface area contributed by atoms with Crippen LogP contribution in [-0.4, -0.2) is 11.1 Å². The molecule has 0 aliphatic rings. The molecule has 0 bridgehead atoms. The number of para-hydroxylation sites is 1. The number of rotatable bonds is 5. The molecule has 2 rings (SSSR count). The van der Waals surface area contributed by atoms with E-state index in [9.17, 15) is 4.79 Å². The van der Waals surface area contributed by atoms with E-state index in [2.05, 4.69) is 6.07 Å². The first-order valence-corrected chi connectivity index (χ1v) is 6.33. The van der Waals surface area contributed by atoms with E-state index in [1.807, 2.05) is 49.4 Å². The highest BCUT2D eigenvalue weighted by Gasteiger charge is 2.01. The van der Waals surface area contributed by atoms with Gasteiger partial charge in [-0.25, -0.2) is 4.79 Å². The van der Waals surface area contributed by atoms with Crippen LogP contribution in [0.15, 0.2) is 54.6 Å². The molecule has 20 heavy (non-hydrogen) atoms. The second-order valence-corrected chi connectivity index (χ2v) is 4.49. The zero-order chi connectivity index (χ0) is 14.4. The number of aliphatic carboxylic acids is 1. The lowest BCUT2D eigenvalue weighted by atomic mass is 10.1. The van der Waals surface area contributed by atoms with E-state index in [-0.39, 0.29) is 0 Å². The van der Waals surface area contributed by atoms with Crippen LogP contribution < -0.4 is 4.74 Å². The molecular formula is C17H16O3. The summed E-state index contributed by atoms with van der Waals surface area (Å²) in [6, 6.07) is 15.5. The van der Waals surface area contributed by atoms with Gasteiger partial charge in [0.2, 0.25) is 0 Å². The van der Waals surface area contributed by atoms with E-state index < -0.39 is 5.97 Å². The highest BCUT2D eigenvalue weighted by molar-refractivity contribution is 5.85. The monoisotopic (exact) mass is 268 g/mol. The maximum Gasteiger partial charge on any atom is 0.328 e. The fraction of sp³-hybridized carbons (Fsp3) is 0.118. The molecule has 0 aliphatic heterocycles. The number of benzene rings is 2. The van der Waals surface area contributed by atoms with Gasteiger partial charge in [0.1, 0.15) is 12.4 Å². The van der Waals surface area contributed by atoms with Crippen molar-refractivity contribution in [2.24, 2.45) is 0 Å². The summed E-state index contributed by atoms with van der Waals surface area (Å²) in [5.74, 6) is -0.301. The molecule has 0 amide bonds.